The molecule has 2 aliphatic heterocycles. The Bertz CT molecular complexity index is 1810. The van der Waals surface area contributed by atoms with Crippen LogP contribution in [0.15, 0.2) is 76.7 Å². The number of hydrogen-bond acceptors (Lipinski definition) is 7. The zero-order valence-corrected chi connectivity index (χ0v) is 25.2. The van der Waals surface area contributed by atoms with Crippen LogP contribution in [0.5, 0.6) is 0 Å². The first-order chi connectivity index (χ1) is 21.2. The fourth-order valence-electron chi connectivity index (χ4n) is 5.67. The van der Waals surface area contributed by atoms with E-state index >= 15 is 0 Å². The number of anilines is 2. The average Bonchev–Trinajstić information content (AvgIpc) is 3.43. The van der Waals surface area contributed by atoms with Crippen LogP contribution < -0.4 is 15.6 Å². The molecule has 0 atom stereocenters. The third kappa shape index (κ3) is 5.97. The molecule has 2 aliphatic rings. The fraction of sp³-hybridized carbons (Fsp3) is 0.323. The number of piperidine rings is 1. The summed E-state index contributed by atoms with van der Waals surface area (Å²) in [6.07, 6.45) is 4.43. The summed E-state index contributed by atoms with van der Waals surface area (Å²) in [7, 11) is -1.92. The van der Waals surface area contributed by atoms with Crippen molar-refractivity contribution in [1.82, 2.24) is 19.7 Å². The van der Waals surface area contributed by atoms with E-state index in [-0.39, 0.29) is 15.8 Å². The van der Waals surface area contributed by atoms with Crippen LogP contribution in [-0.4, -0.2) is 86.4 Å². The summed E-state index contributed by atoms with van der Waals surface area (Å²) >= 11 is 0. The molecule has 13 heteroatoms. The van der Waals surface area contributed by atoms with Crippen molar-refractivity contribution in [3.05, 3.63) is 78.2 Å². The third-order valence-corrected chi connectivity index (χ3v) is 9.91. The zero-order chi connectivity index (χ0) is 30.8. The monoisotopic (exact) mass is 619 g/mol. The van der Waals surface area contributed by atoms with Gasteiger partial charge in [-0.2, -0.15) is 9.89 Å². The SMILES string of the molecule is CN1CCN(c2cccc(NC(=O)N3CCCCC3)c2C(=O)Nn2ncc3cc(S(=O)(=O)c4cccc(F)c4)ccc32)CC1. The van der Waals surface area contributed by atoms with E-state index in [1.807, 2.05) is 12.1 Å². The van der Waals surface area contributed by atoms with E-state index in [1.165, 1.54) is 41.3 Å². The van der Waals surface area contributed by atoms with Gasteiger partial charge in [-0.15, -0.1) is 0 Å². The highest BCUT2D eigenvalue weighted by Crippen LogP contribution is 2.30. The lowest BCUT2D eigenvalue weighted by atomic mass is 10.1. The minimum atomic E-state index is -3.98. The number of carbonyl (C=O) groups excluding carboxylic acids is 2. The predicted molar refractivity (Wildman–Crippen MR) is 166 cm³/mol. The highest BCUT2D eigenvalue weighted by molar-refractivity contribution is 7.91. The largest absolute Gasteiger partial charge is 0.368 e. The minimum absolute atomic E-state index is 0.0235. The number of nitrogens with one attached hydrogen (secondary N) is 2. The Morgan fingerprint density at radius 3 is 2.34 bits per heavy atom. The molecule has 0 aliphatic carbocycles. The van der Waals surface area contributed by atoms with Crippen LogP contribution in [0.1, 0.15) is 29.6 Å². The van der Waals surface area contributed by atoms with E-state index in [9.17, 15) is 22.4 Å². The maximum absolute atomic E-state index is 14.0. The summed E-state index contributed by atoms with van der Waals surface area (Å²) in [6, 6.07) is 14.4. The molecular formula is C31H34FN7O4S. The van der Waals surface area contributed by atoms with Gasteiger partial charge in [0.2, 0.25) is 9.84 Å². The fourth-order valence-corrected chi connectivity index (χ4v) is 7.00. The number of nitrogens with zero attached hydrogens (tertiary/aromatic N) is 5. The lowest BCUT2D eigenvalue weighted by Gasteiger charge is -2.35. The van der Waals surface area contributed by atoms with Crippen LogP contribution >= 0.6 is 0 Å². The minimum Gasteiger partial charge on any atom is -0.368 e. The summed E-state index contributed by atoms with van der Waals surface area (Å²) in [6.45, 7) is 4.43. The number of hydrogen-bond donors (Lipinski definition) is 2. The predicted octanol–water partition coefficient (Wildman–Crippen LogP) is 4.16. The van der Waals surface area contributed by atoms with Gasteiger partial charge in [-0.3, -0.25) is 4.79 Å². The molecule has 0 spiro atoms. The molecule has 2 N–H and O–H groups in total. The van der Waals surface area contributed by atoms with Gasteiger partial charge >= 0.3 is 6.03 Å². The Labute approximate surface area is 255 Å². The van der Waals surface area contributed by atoms with Gasteiger partial charge < -0.3 is 20.0 Å². The summed E-state index contributed by atoms with van der Waals surface area (Å²) < 4.78 is 40.0. The van der Waals surface area contributed by atoms with E-state index < -0.39 is 21.6 Å². The summed E-state index contributed by atoms with van der Waals surface area (Å²) in [5.74, 6) is -1.12. The molecule has 3 heterocycles. The Kier molecular flexibility index (Phi) is 8.23. The quantitative estimate of drug-likeness (QED) is 0.333. The number of rotatable bonds is 6. The number of urea groups is 1. The van der Waals surface area contributed by atoms with Gasteiger partial charge in [0.15, 0.2) is 0 Å². The standard InChI is InChI=1S/C31H34FN7O4S/c1-36-15-17-37(18-16-36)28-10-6-9-26(34-31(41)38-13-3-2-4-14-38)29(28)30(40)35-39-27-12-11-25(19-22(27)21-33-39)44(42,43)24-8-5-7-23(32)20-24/h5-12,19-21H,2-4,13-18H2,1H3,(H,34,41)(H,35,40). The first-order valence-corrected chi connectivity index (χ1v) is 16.1. The second-order valence-electron chi connectivity index (χ2n) is 11.1. The van der Waals surface area contributed by atoms with Crippen molar-refractivity contribution in [1.29, 1.82) is 0 Å². The average molecular weight is 620 g/mol. The maximum Gasteiger partial charge on any atom is 0.321 e. The van der Waals surface area contributed by atoms with Crippen molar-refractivity contribution in [2.45, 2.75) is 29.1 Å². The van der Waals surface area contributed by atoms with Crippen molar-refractivity contribution in [3.8, 4) is 0 Å². The summed E-state index contributed by atoms with van der Waals surface area (Å²) in [4.78, 5) is 34.4. The molecule has 44 heavy (non-hydrogen) atoms. The molecule has 0 unspecified atom stereocenters. The highest BCUT2D eigenvalue weighted by Gasteiger charge is 2.26. The number of benzene rings is 3. The second-order valence-corrected chi connectivity index (χ2v) is 13.1. The van der Waals surface area contributed by atoms with Gasteiger partial charge in [-0.05, 0) is 74.8 Å². The Balaban J connectivity index is 1.31. The molecule has 230 valence electrons. The van der Waals surface area contributed by atoms with Gasteiger partial charge in [-0.1, -0.05) is 12.1 Å². The number of likely N-dealkylation sites (N-methyl/N-ethyl adjacent to an activating group) is 1. The summed E-state index contributed by atoms with van der Waals surface area (Å²) in [5.41, 5.74) is 4.71. The number of fused-ring (bicyclic) bond motifs is 1. The second kappa shape index (κ2) is 12.2. The van der Waals surface area contributed by atoms with Crippen molar-refractivity contribution in [2.75, 3.05) is 62.0 Å². The number of halogens is 1. The number of sulfone groups is 1. The van der Waals surface area contributed by atoms with Crippen molar-refractivity contribution in [3.63, 3.8) is 0 Å². The van der Waals surface area contributed by atoms with Crippen LogP contribution in [0.3, 0.4) is 0 Å². The molecule has 2 saturated heterocycles. The van der Waals surface area contributed by atoms with Crippen LogP contribution in [-0.2, 0) is 9.84 Å². The van der Waals surface area contributed by atoms with Crippen molar-refractivity contribution < 1.29 is 22.4 Å². The van der Waals surface area contributed by atoms with E-state index in [1.54, 1.807) is 17.0 Å². The van der Waals surface area contributed by atoms with Crippen LogP contribution in [0, 0.1) is 5.82 Å². The molecule has 11 nitrogen and oxygen atoms in total. The van der Waals surface area contributed by atoms with E-state index in [2.05, 4.69) is 32.7 Å². The number of aromatic nitrogens is 2. The molecule has 0 bridgehead atoms. The topological polar surface area (TPSA) is 120 Å². The molecule has 6 rings (SSSR count). The maximum atomic E-state index is 14.0. The lowest BCUT2D eigenvalue weighted by molar-refractivity contribution is 0.101. The molecule has 1 aromatic heterocycles. The van der Waals surface area contributed by atoms with Gasteiger partial charge in [0.05, 0.1) is 38.4 Å². The smallest absolute Gasteiger partial charge is 0.321 e. The van der Waals surface area contributed by atoms with Crippen molar-refractivity contribution in [2.24, 2.45) is 0 Å². The van der Waals surface area contributed by atoms with E-state index in [0.29, 0.717) is 54.0 Å². The number of amides is 3. The molecule has 3 amide bonds. The summed E-state index contributed by atoms with van der Waals surface area (Å²) in [5, 5.41) is 7.74. The van der Waals surface area contributed by atoms with Crippen LogP contribution in [0.2, 0.25) is 0 Å². The van der Waals surface area contributed by atoms with E-state index in [0.717, 1.165) is 38.4 Å². The van der Waals surface area contributed by atoms with Gasteiger partial charge in [0.1, 0.15) is 5.82 Å². The first-order valence-electron chi connectivity index (χ1n) is 14.6. The molecule has 2 fully saturated rings. The zero-order valence-electron chi connectivity index (χ0n) is 24.4. The number of piperazine rings is 1. The molecule has 0 radical (unpaired) electrons. The Hall–Kier alpha value is -4.49. The van der Waals surface area contributed by atoms with Gasteiger partial charge in [-0.25, -0.2) is 23.0 Å². The van der Waals surface area contributed by atoms with Crippen LogP contribution in [0.4, 0.5) is 20.6 Å². The van der Waals surface area contributed by atoms with Gasteiger partial charge in [0, 0.05) is 44.7 Å². The number of likely N-dealkylation sites (tertiary alicyclic amines) is 1. The lowest BCUT2D eigenvalue weighted by Crippen LogP contribution is -2.45. The van der Waals surface area contributed by atoms with Gasteiger partial charge in [0.25, 0.3) is 5.91 Å². The third-order valence-electron chi connectivity index (χ3n) is 8.16. The molecule has 0 saturated carbocycles. The Morgan fingerprint density at radius 2 is 1.59 bits per heavy atom. The highest BCUT2D eigenvalue weighted by atomic mass is 32.2. The molecule has 3 aromatic carbocycles. The molecule has 4 aromatic rings. The van der Waals surface area contributed by atoms with Crippen LogP contribution in [0.25, 0.3) is 10.9 Å². The van der Waals surface area contributed by atoms with Crippen molar-refractivity contribution >= 4 is 44.1 Å². The Morgan fingerprint density at radius 1 is 0.864 bits per heavy atom. The molecular weight excluding hydrogens is 585 g/mol. The number of carbonyl (C=O) groups is 2. The first kappa shape index (κ1) is 29.6. The normalized spacial score (nSPS) is 16.2. The van der Waals surface area contributed by atoms with E-state index in [4.69, 9.17) is 0 Å².